The zero-order valence-electron chi connectivity index (χ0n) is 7.61. The van der Waals surface area contributed by atoms with E-state index in [9.17, 15) is 8.42 Å². The van der Waals surface area contributed by atoms with Crippen molar-refractivity contribution in [3.8, 4) is 0 Å². The summed E-state index contributed by atoms with van der Waals surface area (Å²) >= 11 is 0. The van der Waals surface area contributed by atoms with E-state index in [1.807, 2.05) is 0 Å². The molecule has 0 saturated carbocycles. The average Bonchev–Trinajstić information content (AvgIpc) is 2.50. The lowest BCUT2D eigenvalue weighted by molar-refractivity contribution is 0.603. The SMILES string of the molecule is CS(=O)(=O)c1ccc(N)c2[nH]ccc12. The second kappa shape index (κ2) is 2.75. The van der Waals surface area contributed by atoms with Gasteiger partial charge in [0.25, 0.3) is 0 Å². The van der Waals surface area contributed by atoms with E-state index in [4.69, 9.17) is 5.73 Å². The highest BCUT2D eigenvalue weighted by molar-refractivity contribution is 7.91. The lowest BCUT2D eigenvalue weighted by Gasteiger charge is -2.02. The van der Waals surface area contributed by atoms with Gasteiger partial charge in [0.2, 0.25) is 0 Å². The molecule has 1 aromatic carbocycles. The van der Waals surface area contributed by atoms with Crippen molar-refractivity contribution in [1.29, 1.82) is 0 Å². The average molecular weight is 210 g/mol. The maximum absolute atomic E-state index is 11.4. The van der Waals surface area contributed by atoms with Crippen molar-refractivity contribution >= 4 is 26.4 Å². The number of anilines is 1. The van der Waals surface area contributed by atoms with Gasteiger partial charge in [0.15, 0.2) is 9.84 Å². The number of aromatic nitrogens is 1. The molecule has 0 aliphatic heterocycles. The van der Waals surface area contributed by atoms with Gasteiger partial charge < -0.3 is 10.7 Å². The summed E-state index contributed by atoms with van der Waals surface area (Å²) in [6.45, 7) is 0. The molecule has 2 rings (SSSR count). The lowest BCUT2D eigenvalue weighted by atomic mass is 10.2. The van der Waals surface area contributed by atoms with Gasteiger partial charge in [0.1, 0.15) is 0 Å². The Morgan fingerprint density at radius 3 is 2.64 bits per heavy atom. The van der Waals surface area contributed by atoms with Crippen molar-refractivity contribution < 1.29 is 8.42 Å². The molecule has 0 spiro atoms. The number of rotatable bonds is 1. The second-order valence-electron chi connectivity index (χ2n) is 3.19. The summed E-state index contributed by atoms with van der Waals surface area (Å²) in [6, 6.07) is 4.83. The summed E-state index contributed by atoms with van der Waals surface area (Å²) < 4.78 is 22.8. The molecule has 5 heteroatoms. The molecule has 0 radical (unpaired) electrons. The third-order valence-electron chi connectivity index (χ3n) is 2.11. The first-order valence-corrected chi connectivity index (χ1v) is 5.95. The summed E-state index contributed by atoms with van der Waals surface area (Å²) in [5, 5.41) is 0.646. The molecular weight excluding hydrogens is 200 g/mol. The predicted molar refractivity (Wildman–Crippen MR) is 55.8 cm³/mol. The van der Waals surface area contributed by atoms with Crippen LogP contribution in [0.5, 0.6) is 0 Å². The third-order valence-corrected chi connectivity index (χ3v) is 3.27. The van der Waals surface area contributed by atoms with E-state index in [1.54, 1.807) is 18.3 Å². The Morgan fingerprint density at radius 1 is 1.29 bits per heavy atom. The largest absolute Gasteiger partial charge is 0.397 e. The molecule has 74 valence electrons. The fraction of sp³-hybridized carbons (Fsp3) is 0.111. The van der Waals surface area contributed by atoms with Crippen molar-refractivity contribution in [2.45, 2.75) is 4.90 Å². The first-order chi connectivity index (χ1) is 6.50. The summed E-state index contributed by atoms with van der Waals surface area (Å²) in [7, 11) is -3.19. The van der Waals surface area contributed by atoms with Crippen molar-refractivity contribution in [2.75, 3.05) is 12.0 Å². The van der Waals surface area contributed by atoms with Gasteiger partial charge in [-0.25, -0.2) is 8.42 Å². The van der Waals surface area contributed by atoms with Crippen molar-refractivity contribution in [3.63, 3.8) is 0 Å². The molecule has 0 fully saturated rings. The van der Waals surface area contributed by atoms with E-state index in [0.29, 0.717) is 21.5 Å². The first kappa shape index (κ1) is 9.08. The summed E-state index contributed by atoms with van der Waals surface area (Å²) in [5.41, 5.74) is 6.91. The number of nitrogens with two attached hydrogens (primary N) is 1. The first-order valence-electron chi connectivity index (χ1n) is 4.06. The van der Waals surface area contributed by atoms with Gasteiger partial charge in [-0.15, -0.1) is 0 Å². The number of hydrogen-bond donors (Lipinski definition) is 2. The fourth-order valence-corrected chi connectivity index (χ4v) is 2.36. The molecule has 0 bridgehead atoms. The third kappa shape index (κ3) is 1.26. The number of H-pyrrole nitrogens is 1. The molecule has 0 amide bonds. The second-order valence-corrected chi connectivity index (χ2v) is 5.18. The van der Waals surface area contributed by atoms with E-state index in [0.717, 1.165) is 0 Å². The van der Waals surface area contributed by atoms with Gasteiger partial charge in [-0.3, -0.25) is 0 Å². The monoisotopic (exact) mass is 210 g/mol. The molecule has 1 heterocycles. The van der Waals surface area contributed by atoms with E-state index in [2.05, 4.69) is 4.98 Å². The maximum Gasteiger partial charge on any atom is 0.176 e. The van der Waals surface area contributed by atoms with Crippen LogP contribution in [0.3, 0.4) is 0 Å². The number of hydrogen-bond acceptors (Lipinski definition) is 3. The number of fused-ring (bicyclic) bond motifs is 1. The number of nitrogen functional groups attached to an aromatic ring is 1. The number of aromatic amines is 1. The Hall–Kier alpha value is -1.49. The van der Waals surface area contributed by atoms with Crippen LogP contribution in [0.2, 0.25) is 0 Å². The number of benzene rings is 1. The Kier molecular flexibility index (Phi) is 1.78. The highest BCUT2D eigenvalue weighted by Gasteiger charge is 2.13. The van der Waals surface area contributed by atoms with Crippen LogP contribution in [0.25, 0.3) is 10.9 Å². The van der Waals surface area contributed by atoms with Gasteiger partial charge in [-0.1, -0.05) is 0 Å². The summed E-state index contributed by atoms with van der Waals surface area (Å²) in [6.07, 6.45) is 2.86. The quantitative estimate of drug-likeness (QED) is 0.693. The van der Waals surface area contributed by atoms with E-state index < -0.39 is 9.84 Å². The Bertz CT molecular complexity index is 584. The topological polar surface area (TPSA) is 75.9 Å². The molecule has 0 atom stereocenters. The zero-order chi connectivity index (χ0) is 10.3. The van der Waals surface area contributed by atoms with Crippen LogP contribution in [-0.2, 0) is 9.84 Å². The maximum atomic E-state index is 11.4. The smallest absolute Gasteiger partial charge is 0.176 e. The van der Waals surface area contributed by atoms with Crippen molar-refractivity contribution in [1.82, 2.24) is 4.98 Å². The zero-order valence-corrected chi connectivity index (χ0v) is 8.43. The van der Waals surface area contributed by atoms with Crippen LogP contribution in [0.1, 0.15) is 0 Å². The van der Waals surface area contributed by atoms with Crippen molar-refractivity contribution in [3.05, 3.63) is 24.4 Å². The van der Waals surface area contributed by atoms with Crippen LogP contribution in [0.15, 0.2) is 29.3 Å². The molecule has 0 unspecified atom stereocenters. The van der Waals surface area contributed by atoms with Crippen molar-refractivity contribution in [2.24, 2.45) is 0 Å². The lowest BCUT2D eigenvalue weighted by Crippen LogP contribution is -1.98. The van der Waals surface area contributed by atoms with Gasteiger partial charge in [0.05, 0.1) is 16.1 Å². The van der Waals surface area contributed by atoms with Crippen LogP contribution >= 0.6 is 0 Å². The highest BCUT2D eigenvalue weighted by Crippen LogP contribution is 2.26. The molecule has 3 N–H and O–H groups in total. The van der Waals surface area contributed by atoms with Crippen LogP contribution in [-0.4, -0.2) is 19.7 Å². The van der Waals surface area contributed by atoms with E-state index in [-0.39, 0.29) is 0 Å². The molecule has 0 aliphatic carbocycles. The standard InChI is InChI=1S/C9H10N2O2S/c1-14(12,13)8-3-2-7(10)9-6(8)4-5-11-9/h2-5,11H,10H2,1H3. The minimum Gasteiger partial charge on any atom is -0.397 e. The number of nitrogens with one attached hydrogen (secondary N) is 1. The Labute approximate surface area is 81.7 Å². The molecule has 0 aliphatic rings. The summed E-state index contributed by atoms with van der Waals surface area (Å²) in [4.78, 5) is 3.22. The number of sulfone groups is 1. The highest BCUT2D eigenvalue weighted by atomic mass is 32.2. The Balaban J connectivity index is 2.93. The van der Waals surface area contributed by atoms with Crippen LogP contribution < -0.4 is 5.73 Å². The minimum atomic E-state index is -3.19. The fourth-order valence-electron chi connectivity index (χ4n) is 1.48. The summed E-state index contributed by atoms with van der Waals surface area (Å²) in [5.74, 6) is 0. The molecule has 4 nitrogen and oxygen atoms in total. The molecule has 14 heavy (non-hydrogen) atoms. The Morgan fingerprint density at radius 2 is 2.00 bits per heavy atom. The van der Waals surface area contributed by atoms with Gasteiger partial charge in [-0.2, -0.15) is 0 Å². The van der Waals surface area contributed by atoms with E-state index >= 15 is 0 Å². The molecular formula is C9H10N2O2S. The minimum absolute atomic E-state index is 0.308. The normalized spacial score (nSPS) is 12.1. The molecule has 1 aromatic heterocycles. The van der Waals surface area contributed by atoms with Gasteiger partial charge in [0, 0.05) is 17.8 Å². The predicted octanol–water partition coefficient (Wildman–Crippen LogP) is 1.15. The molecule has 0 saturated heterocycles. The van der Waals surface area contributed by atoms with Crippen LogP contribution in [0.4, 0.5) is 5.69 Å². The molecule has 2 aromatic rings. The van der Waals surface area contributed by atoms with Gasteiger partial charge >= 0.3 is 0 Å². The van der Waals surface area contributed by atoms with E-state index in [1.165, 1.54) is 12.3 Å². The van der Waals surface area contributed by atoms with Crippen LogP contribution in [0, 0.1) is 0 Å². The van der Waals surface area contributed by atoms with Gasteiger partial charge in [-0.05, 0) is 18.2 Å².